The van der Waals surface area contributed by atoms with Crippen molar-refractivity contribution in [1.82, 2.24) is 0 Å². The van der Waals surface area contributed by atoms with Crippen LogP contribution in [0.4, 0.5) is 4.39 Å². The van der Waals surface area contributed by atoms with Crippen LogP contribution in [0.15, 0.2) is 46.9 Å². The lowest BCUT2D eigenvalue weighted by Gasteiger charge is -2.10. The molecule has 1 unspecified atom stereocenters. The molecule has 2 aromatic rings. The second kappa shape index (κ2) is 6.40. The molecule has 0 fully saturated rings. The molecule has 0 N–H and O–H groups in total. The average Bonchev–Trinajstić information content (AvgIpc) is 2.44. The lowest BCUT2D eigenvalue weighted by molar-refractivity contribution is 0.276. The minimum absolute atomic E-state index is 0.146. The summed E-state index contributed by atoms with van der Waals surface area (Å²) in [5, 5.41) is 8.65. The van der Waals surface area contributed by atoms with Gasteiger partial charge in [-0.1, -0.05) is 15.9 Å². The smallest absolute Gasteiger partial charge is 0.181 e. The van der Waals surface area contributed by atoms with Gasteiger partial charge in [0.25, 0.3) is 0 Å². The summed E-state index contributed by atoms with van der Waals surface area (Å²) < 4.78 is 25.0. The summed E-state index contributed by atoms with van der Waals surface area (Å²) in [5.74, 6) is 0.746. The van der Waals surface area contributed by atoms with Gasteiger partial charge in [-0.2, -0.15) is 5.26 Å². The summed E-state index contributed by atoms with van der Waals surface area (Å²) in [5.41, 5.74) is 0. The SMILES string of the molecule is CC(C#N)Oc1ccc(Oc2ccc(Br)cc2F)cc1. The maximum absolute atomic E-state index is 13.6. The summed E-state index contributed by atoms with van der Waals surface area (Å²) in [6.45, 7) is 1.65. The van der Waals surface area contributed by atoms with Crippen molar-refractivity contribution in [2.75, 3.05) is 0 Å². The maximum atomic E-state index is 13.6. The third kappa shape index (κ3) is 3.72. The monoisotopic (exact) mass is 335 g/mol. The van der Waals surface area contributed by atoms with Crippen LogP contribution in [0.25, 0.3) is 0 Å². The van der Waals surface area contributed by atoms with E-state index >= 15 is 0 Å². The Morgan fingerprint density at radius 2 is 1.80 bits per heavy atom. The Hall–Kier alpha value is -2.06. The van der Waals surface area contributed by atoms with E-state index in [4.69, 9.17) is 14.7 Å². The third-order valence-electron chi connectivity index (χ3n) is 2.44. The average molecular weight is 336 g/mol. The Morgan fingerprint density at radius 1 is 1.15 bits per heavy atom. The lowest BCUT2D eigenvalue weighted by Crippen LogP contribution is -2.07. The molecule has 0 aliphatic rings. The molecule has 1 atom stereocenters. The van der Waals surface area contributed by atoms with E-state index < -0.39 is 11.9 Å². The first-order chi connectivity index (χ1) is 9.58. The van der Waals surface area contributed by atoms with Crippen molar-refractivity contribution in [3.63, 3.8) is 0 Å². The molecule has 0 spiro atoms. The van der Waals surface area contributed by atoms with E-state index in [9.17, 15) is 4.39 Å². The highest BCUT2D eigenvalue weighted by atomic mass is 79.9. The zero-order chi connectivity index (χ0) is 14.5. The first-order valence-corrected chi connectivity index (χ1v) is 6.67. The van der Waals surface area contributed by atoms with Gasteiger partial charge in [0.2, 0.25) is 0 Å². The van der Waals surface area contributed by atoms with Crippen molar-refractivity contribution in [1.29, 1.82) is 5.26 Å². The number of nitriles is 1. The van der Waals surface area contributed by atoms with Gasteiger partial charge in [-0.05, 0) is 49.4 Å². The molecule has 0 aliphatic carbocycles. The zero-order valence-electron chi connectivity index (χ0n) is 10.6. The van der Waals surface area contributed by atoms with Crippen LogP contribution < -0.4 is 9.47 Å². The van der Waals surface area contributed by atoms with Crippen LogP contribution in [0.1, 0.15) is 6.92 Å². The van der Waals surface area contributed by atoms with Crippen LogP contribution in [0.5, 0.6) is 17.2 Å². The second-order valence-electron chi connectivity index (χ2n) is 4.04. The number of benzene rings is 2. The quantitative estimate of drug-likeness (QED) is 0.815. The van der Waals surface area contributed by atoms with Gasteiger partial charge >= 0.3 is 0 Å². The van der Waals surface area contributed by atoms with Crippen LogP contribution in [-0.2, 0) is 0 Å². The molecule has 0 radical (unpaired) electrons. The van der Waals surface area contributed by atoms with Gasteiger partial charge in [-0.15, -0.1) is 0 Å². The van der Waals surface area contributed by atoms with E-state index in [1.54, 1.807) is 43.3 Å². The van der Waals surface area contributed by atoms with Crippen molar-refractivity contribution in [3.05, 3.63) is 52.8 Å². The molecule has 0 aromatic heterocycles. The minimum atomic E-state index is -0.523. The fourth-order valence-electron chi connectivity index (χ4n) is 1.50. The Balaban J connectivity index is 2.09. The van der Waals surface area contributed by atoms with E-state index in [0.29, 0.717) is 16.0 Å². The molecule has 0 saturated carbocycles. The first kappa shape index (κ1) is 14.4. The topological polar surface area (TPSA) is 42.2 Å². The number of hydrogen-bond donors (Lipinski definition) is 0. The van der Waals surface area contributed by atoms with Gasteiger partial charge in [0.1, 0.15) is 17.6 Å². The Kier molecular flexibility index (Phi) is 4.59. The summed E-state index contributed by atoms with van der Waals surface area (Å²) >= 11 is 3.18. The second-order valence-corrected chi connectivity index (χ2v) is 4.95. The van der Waals surface area contributed by atoms with Crippen molar-refractivity contribution in [3.8, 4) is 23.3 Å². The molecular formula is C15H11BrFNO2. The van der Waals surface area contributed by atoms with Crippen molar-refractivity contribution in [2.24, 2.45) is 0 Å². The summed E-state index contributed by atoms with van der Waals surface area (Å²) in [6.07, 6.45) is -0.523. The highest BCUT2D eigenvalue weighted by Gasteiger charge is 2.06. The summed E-state index contributed by atoms with van der Waals surface area (Å²) in [6, 6.07) is 13.2. The highest BCUT2D eigenvalue weighted by molar-refractivity contribution is 9.10. The van der Waals surface area contributed by atoms with Crippen molar-refractivity contribution < 1.29 is 13.9 Å². The Bertz CT molecular complexity index is 637. The molecule has 0 heterocycles. The predicted octanol–water partition coefficient (Wildman–Crippen LogP) is 4.67. The van der Waals surface area contributed by atoms with Gasteiger partial charge in [0.15, 0.2) is 17.7 Å². The number of rotatable bonds is 4. The molecule has 0 aliphatic heterocycles. The van der Waals surface area contributed by atoms with Gasteiger partial charge in [-0.25, -0.2) is 4.39 Å². The van der Waals surface area contributed by atoms with E-state index in [0.717, 1.165) is 0 Å². The number of nitrogens with zero attached hydrogens (tertiary/aromatic N) is 1. The highest BCUT2D eigenvalue weighted by Crippen LogP contribution is 2.28. The molecule has 3 nitrogen and oxygen atoms in total. The number of halogens is 2. The van der Waals surface area contributed by atoms with Crippen molar-refractivity contribution in [2.45, 2.75) is 13.0 Å². The molecular weight excluding hydrogens is 325 g/mol. The van der Waals surface area contributed by atoms with E-state index in [2.05, 4.69) is 15.9 Å². The summed E-state index contributed by atoms with van der Waals surface area (Å²) in [7, 11) is 0. The molecule has 20 heavy (non-hydrogen) atoms. The lowest BCUT2D eigenvalue weighted by atomic mass is 10.3. The van der Waals surface area contributed by atoms with E-state index in [1.807, 2.05) is 6.07 Å². The molecule has 2 rings (SSSR count). The Labute approximate surface area is 124 Å². The normalized spacial score (nSPS) is 11.5. The number of hydrogen-bond acceptors (Lipinski definition) is 3. The molecule has 0 amide bonds. The number of ether oxygens (including phenoxy) is 2. The first-order valence-electron chi connectivity index (χ1n) is 5.88. The molecule has 0 saturated heterocycles. The van der Waals surface area contributed by atoms with Gasteiger partial charge in [-0.3, -0.25) is 0 Å². The minimum Gasteiger partial charge on any atom is -0.476 e. The third-order valence-corrected chi connectivity index (χ3v) is 2.93. The predicted molar refractivity (Wildman–Crippen MR) is 76.3 cm³/mol. The fourth-order valence-corrected chi connectivity index (χ4v) is 1.83. The zero-order valence-corrected chi connectivity index (χ0v) is 12.2. The van der Waals surface area contributed by atoms with Crippen molar-refractivity contribution >= 4 is 15.9 Å². The molecule has 102 valence electrons. The van der Waals surface area contributed by atoms with E-state index in [1.165, 1.54) is 6.07 Å². The van der Waals surface area contributed by atoms with Crippen LogP contribution >= 0.6 is 15.9 Å². The maximum Gasteiger partial charge on any atom is 0.181 e. The van der Waals surface area contributed by atoms with Gasteiger partial charge in [0, 0.05) is 4.47 Å². The largest absolute Gasteiger partial charge is 0.476 e. The van der Waals surface area contributed by atoms with Gasteiger partial charge < -0.3 is 9.47 Å². The molecule has 0 bridgehead atoms. The molecule has 2 aromatic carbocycles. The van der Waals surface area contributed by atoms with E-state index in [-0.39, 0.29) is 5.75 Å². The van der Waals surface area contributed by atoms with Crippen LogP contribution in [0.2, 0.25) is 0 Å². The fraction of sp³-hybridized carbons (Fsp3) is 0.133. The Morgan fingerprint density at radius 3 is 2.40 bits per heavy atom. The van der Waals surface area contributed by atoms with Crippen LogP contribution in [-0.4, -0.2) is 6.10 Å². The van der Waals surface area contributed by atoms with Crippen LogP contribution in [0.3, 0.4) is 0 Å². The van der Waals surface area contributed by atoms with Crippen LogP contribution in [0, 0.1) is 17.1 Å². The molecule has 5 heteroatoms. The van der Waals surface area contributed by atoms with Gasteiger partial charge in [0.05, 0.1) is 0 Å². The summed E-state index contributed by atoms with van der Waals surface area (Å²) in [4.78, 5) is 0. The standard InChI is InChI=1S/C15H11BrFNO2/c1-10(9-18)19-12-3-5-13(6-4-12)20-15-7-2-11(16)8-14(15)17/h2-8,10H,1H3.